The van der Waals surface area contributed by atoms with Gasteiger partial charge in [0.1, 0.15) is 17.3 Å². The number of furan rings is 1. The molecule has 0 saturated heterocycles. The maximum atomic E-state index is 12.1. The second-order valence-corrected chi connectivity index (χ2v) is 6.50. The van der Waals surface area contributed by atoms with E-state index in [-0.39, 0.29) is 24.8 Å². The average Bonchev–Trinajstić information content (AvgIpc) is 3.42. The first-order valence-corrected chi connectivity index (χ1v) is 9.16. The molecule has 1 amide bonds. The minimum Gasteiger partial charge on any atom is -0.497 e. The maximum Gasteiger partial charge on any atom is 0.284 e. The predicted molar refractivity (Wildman–Crippen MR) is 109 cm³/mol. The molecule has 31 heavy (non-hydrogen) atoms. The number of methoxy groups -OCH3 is 1. The van der Waals surface area contributed by atoms with Crippen LogP contribution < -0.4 is 19.6 Å². The van der Waals surface area contributed by atoms with Crippen LogP contribution in [0.2, 0.25) is 0 Å². The van der Waals surface area contributed by atoms with Gasteiger partial charge in [-0.1, -0.05) is 6.07 Å². The van der Waals surface area contributed by atoms with Crippen LogP contribution in [0.1, 0.15) is 11.3 Å². The van der Waals surface area contributed by atoms with Gasteiger partial charge in [0.05, 0.1) is 36.3 Å². The lowest BCUT2D eigenvalue weighted by Crippen LogP contribution is -2.19. The summed E-state index contributed by atoms with van der Waals surface area (Å²) in [6.45, 7) is 0.167. The quantitative estimate of drug-likeness (QED) is 0.351. The van der Waals surface area contributed by atoms with Crippen LogP contribution in [0.25, 0.3) is 11.3 Å². The minimum absolute atomic E-state index is 0.107. The number of hydrazone groups is 1. The molecule has 0 spiro atoms. The summed E-state index contributed by atoms with van der Waals surface area (Å²) in [6, 6.07) is 12.9. The summed E-state index contributed by atoms with van der Waals surface area (Å²) in [7, 11) is 1.43. The highest BCUT2D eigenvalue weighted by atomic mass is 16.7. The molecule has 0 bridgehead atoms. The van der Waals surface area contributed by atoms with Gasteiger partial charge in [-0.25, -0.2) is 5.43 Å². The number of ether oxygens (including phenoxy) is 3. The monoisotopic (exact) mass is 423 g/mol. The number of rotatable bonds is 7. The van der Waals surface area contributed by atoms with Crippen LogP contribution in [0.15, 0.2) is 58.0 Å². The van der Waals surface area contributed by atoms with Gasteiger partial charge in [-0.05, 0) is 42.0 Å². The number of hydrogen-bond donors (Lipinski definition) is 1. The van der Waals surface area contributed by atoms with Gasteiger partial charge < -0.3 is 18.6 Å². The number of nitro groups is 1. The Labute approximate surface area is 176 Å². The average molecular weight is 423 g/mol. The Balaban J connectivity index is 1.40. The van der Waals surface area contributed by atoms with E-state index in [4.69, 9.17) is 18.6 Å². The van der Waals surface area contributed by atoms with E-state index in [1.807, 2.05) is 0 Å². The largest absolute Gasteiger partial charge is 0.497 e. The molecular weight excluding hydrogens is 406 g/mol. The first-order chi connectivity index (χ1) is 15.0. The normalized spacial score (nSPS) is 12.2. The number of amides is 1. The smallest absolute Gasteiger partial charge is 0.284 e. The van der Waals surface area contributed by atoms with E-state index in [0.29, 0.717) is 34.3 Å². The summed E-state index contributed by atoms with van der Waals surface area (Å²) >= 11 is 0. The Morgan fingerprint density at radius 1 is 1.19 bits per heavy atom. The highest BCUT2D eigenvalue weighted by Crippen LogP contribution is 2.34. The summed E-state index contributed by atoms with van der Waals surface area (Å²) in [6.07, 6.45) is 1.42. The van der Waals surface area contributed by atoms with E-state index >= 15 is 0 Å². The lowest BCUT2D eigenvalue weighted by atomic mass is 10.1. The molecule has 10 heteroatoms. The van der Waals surface area contributed by atoms with Crippen molar-refractivity contribution in [3.05, 3.63) is 70.0 Å². The second-order valence-electron chi connectivity index (χ2n) is 6.50. The first kappa shape index (κ1) is 20.0. The Hall–Kier alpha value is -4.34. The molecule has 1 N–H and O–H groups in total. The van der Waals surface area contributed by atoms with E-state index in [1.165, 1.54) is 19.4 Å². The minimum atomic E-state index is -0.509. The van der Waals surface area contributed by atoms with Crippen molar-refractivity contribution in [1.29, 1.82) is 0 Å². The molecule has 0 aliphatic carbocycles. The van der Waals surface area contributed by atoms with Crippen LogP contribution >= 0.6 is 0 Å². The molecule has 0 radical (unpaired) electrons. The molecule has 0 atom stereocenters. The molecule has 1 aliphatic rings. The lowest BCUT2D eigenvalue weighted by Gasteiger charge is -2.03. The number of hydrogen-bond acceptors (Lipinski definition) is 8. The number of nitro benzene ring substituents is 1. The number of benzene rings is 2. The van der Waals surface area contributed by atoms with E-state index in [9.17, 15) is 14.9 Å². The van der Waals surface area contributed by atoms with Gasteiger partial charge in [-0.3, -0.25) is 14.9 Å². The van der Waals surface area contributed by atoms with Crippen LogP contribution in [0, 0.1) is 10.1 Å². The third kappa shape index (κ3) is 4.47. The van der Waals surface area contributed by atoms with Crippen molar-refractivity contribution in [1.82, 2.24) is 5.43 Å². The fourth-order valence-corrected chi connectivity index (χ4v) is 3.01. The predicted octanol–water partition coefficient (Wildman–Crippen LogP) is 3.28. The van der Waals surface area contributed by atoms with E-state index in [1.54, 1.807) is 42.5 Å². The zero-order chi connectivity index (χ0) is 21.8. The number of fused-ring (bicyclic) bond motifs is 1. The first-order valence-electron chi connectivity index (χ1n) is 9.16. The topological polar surface area (TPSA) is 125 Å². The van der Waals surface area contributed by atoms with Crippen molar-refractivity contribution < 1.29 is 28.3 Å². The van der Waals surface area contributed by atoms with E-state index < -0.39 is 4.92 Å². The summed E-state index contributed by atoms with van der Waals surface area (Å²) in [5.74, 6) is 1.91. The fraction of sp³-hybridized carbons (Fsp3) is 0.143. The highest BCUT2D eigenvalue weighted by Gasteiger charge is 2.19. The van der Waals surface area contributed by atoms with Crippen molar-refractivity contribution in [2.75, 3.05) is 13.9 Å². The van der Waals surface area contributed by atoms with Crippen molar-refractivity contribution >= 4 is 17.8 Å². The molecular formula is C21H17N3O7. The van der Waals surface area contributed by atoms with Crippen LogP contribution in [0.3, 0.4) is 0 Å². The molecule has 0 fully saturated rings. The molecule has 1 aliphatic heterocycles. The van der Waals surface area contributed by atoms with Crippen molar-refractivity contribution in [3.63, 3.8) is 0 Å². The zero-order valence-electron chi connectivity index (χ0n) is 16.4. The lowest BCUT2D eigenvalue weighted by molar-refractivity contribution is -0.384. The van der Waals surface area contributed by atoms with Gasteiger partial charge in [0.15, 0.2) is 11.5 Å². The zero-order valence-corrected chi connectivity index (χ0v) is 16.4. The highest BCUT2D eigenvalue weighted by molar-refractivity contribution is 5.82. The van der Waals surface area contributed by atoms with Crippen LogP contribution in [0.4, 0.5) is 5.69 Å². The van der Waals surface area contributed by atoms with Crippen LogP contribution in [-0.2, 0) is 11.2 Å². The summed E-state index contributed by atoms with van der Waals surface area (Å²) in [5.41, 5.74) is 3.33. The van der Waals surface area contributed by atoms with Crippen LogP contribution in [0.5, 0.6) is 17.2 Å². The molecule has 3 aromatic rings. The molecule has 0 unspecified atom stereocenters. The number of nitrogens with zero attached hydrogens (tertiary/aromatic N) is 2. The summed E-state index contributed by atoms with van der Waals surface area (Å²) in [4.78, 5) is 22.9. The fourth-order valence-electron chi connectivity index (χ4n) is 3.01. The summed E-state index contributed by atoms with van der Waals surface area (Å²) in [5, 5.41) is 15.2. The van der Waals surface area contributed by atoms with Gasteiger partial charge in [0, 0.05) is 0 Å². The molecule has 158 valence electrons. The molecule has 10 nitrogen and oxygen atoms in total. The third-order valence-corrected chi connectivity index (χ3v) is 4.48. The van der Waals surface area contributed by atoms with Crippen molar-refractivity contribution in [2.24, 2.45) is 5.10 Å². The van der Waals surface area contributed by atoms with E-state index in [0.717, 1.165) is 5.56 Å². The molecule has 0 saturated carbocycles. The van der Waals surface area contributed by atoms with Crippen molar-refractivity contribution in [3.8, 4) is 28.6 Å². The van der Waals surface area contributed by atoms with Gasteiger partial charge in [-0.15, -0.1) is 0 Å². The molecule has 4 rings (SSSR count). The number of carbonyl (C=O) groups excluding carboxylic acids is 1. The number of nitrogens with one attached hydrogen (secondary N) is 1. The summed E-state index contributed by atoms with van der Waals surface area (Å²) < 4.78 is 21.2. The van der Waals surface area contributed by atoms with Gasteiger partial charge >= 0.3 is 0 Å². The second kappa shape index (κ2) is 8.57. The van der Waals surface area contributed by atoms with E-state index in [2.05, 4.69) is 10.5 Å². The Bertz CT molecular complexity index is 1170. The Morgan fingerprint density at radius 2 is 2.03 bits per heavy atom. The SMILES string of the molecule is COc1ccc(-c2ccc(/C=N\NC(=O)Cc3ccc4c(c3)OCO4)o2)c([N+](=O)[O-])c1. The molecule has 2 aromatic carbocycles. The Kier molecular flexibility index (Phi) is 5.52. The van der Waals surface area contributed by atoms with Crippen LogP contribution in [-0.4, -0.2) is 30.9 Å². The van der Waals surface area contributed by atoms with Gasteiger partial charge in [0.25, 0.3) is 5.69 Å². The standard InChI is InChI=1S/C21H17N3O7/c1-28-14-3-5-16(17(10-14)24(26)27)18-7-4-15(31-18)11-22-23-21(25)9-13-2-6-19-20(8-13)30-12-29-19/h2-8,10-11H,9,12H2,1H3,(H,23,25)/b22-11-. The number of carbonyl (C=O) groups is 1. The van der Waals surface area contributed by atoms with Gasteiger partial charge in [-0.2, -0.15) is 5.10 Å². The molecule has 2 heterocycles. The van der Waals surface area contributed by atoms with Gasteiger partial charge in [0.2, 0.25) is 12.7 Å². The Morgan fingerprint density at radius 3 is 2.84 bits per heavy atom. The third-order valence-electron chi connectivity index (χ3n) is 4.48. The maximum absolute atomic E-state index is 12.1. The molecule has 1 aromatic heterocycles. The van der Waals surface area contributed by atoms with Crippen molar-refractivity contribution in [2.45, 2.75) is 6.42 Å².